The van der Waals surface area contributed by atoms with Crippen LogP contribution in [0.25, 0.3) is 0 Å². The lowest BCUT2D eigenvalue weighted by Crippen LogP contribution is -2.13. The molecule has 1 aliphatic carbocycles. The molecule has 0 saturated heterocycles. The second-order valence-corrected chi connectivity index (χ2v) is 5.74. The van der Waals surface area contributed by atoms with Gasteiger partial charge in [-0.1, -0.05) is 26.2 Å². The summed E-state index contributed by atoms with van der Waals surface area (Å²) >= 11 is 0. The lowest BCUT2D eigenvalue weighted by molar-refractivity contribution is -0.123. The molecule has 0 radical (unpaired) electrons. The molecule has 0 unspecified atom stereocenters. The summed E-state index contributed by atoms with van der Waals surface area (Å²) in [6.07, 6.45) is 8.47. The molecule has 0 aromatic heterocycles. The molecular formula is C17H32O4. The van der Waals surface area contributed by atoms with Crippen LogP contribution in [-0.4, -0.2) is 45.4 Å². The number of hydrogen-bond acceptors (Lipinski definition) is 4. The number of hydrogen-bond donors (Lipinski definition) is 0. The standard InChI is InChI=1S/C17H32O4/c1-2-3-10-19-12-14-21-15-13-20-11-6-9-17(18)16-7-4-5-8-16/h16H,2-15H2,1H3. The molecular weight excluding hydrogens is 268 g/mol. The molecule has 1 aliphatic rings. The largest absolute Gasteiger partial charge is 0.379 e. The summed E-state index contributed by atoms with van der Waals surface area (Å²) in [4.78, 5) is 11.8. The summed E-state index contributed by atoms with van der Waals surface area (Å²) in [5, 5.41) is 0. The van der Waals surface area contributed by atoms with Gasteiger partial charge in [0.15, 0.2) is 0 Å². The summed E-state index contributed by atoms with van der Waals surface area (Å²) in [6, 6.07) is 0. The van der Waals surface area contributed by atoms with Gasteiger partial charge < -0.3 is 14.2 Å². The number of rotatable bonds is 14. The molecule has 1 fully saturated rings. The van der Waals surface area contributed by atoms with Crippen LogP contribution in [0.1, 0.15) is 58.3 Å². The minimum absolute atomic E-state index is 0.348. The Kier molecular flexibility index (Phi) is 11.7. The first kappa shape index (κ1) is 18.6. The van der Waals surface area contributed by atoms with Crippen molar-refractivity contribution in [3.05, 3.63) is 0 Å². The van der Waals surface area contributed by atoms with Crippen molar-refractivity contribution >= 4 is 5.78 Å². The van der Waals surface area contributed by atoms with E-state index in [2.05, 4.69) is 6.92 Å². The molecule has 1 rings (SSSR count). The van der Waals surface area contributed by atoms with Crippen molar-refractivity contribution in [2.75, 3.05) is 39.6 Å². The van der Waals surface area contributed by atoms with Crippen LogP contribution in [0.2, 0.25) is 0 Å². The van der Waals surface area contributed by atoms with Gasteiger partial charge in [0.1, 0.15) is 5.78 Å². The predicted octanol–water partition coefficient (Wildman–Crippen LogP) is 3.38. The Hall–Kier alpha value is -0.450. The van der Waals surface area contributed by atoms with Crippen molar-refractivity contribution in [1.82, 2.24) is 0 Å². The summed E-state index contributed by atoms with van der Waals surface area (Å²) < 4.78 is 16.3. The predicted molar refractivity (Wildman–Crippen MR) is 83.6 cm³/mol. The Labute approximate surface area is 129 Å². The number of unbranched alkanes of at least 4 members (excludes halogenated alkanes) is 1. The van der Waals surface area contributed by atoms with Gasteiger partial charge in [-0.3, -0.25) is 4.79 Å². The minimum atomic E-state index is 0.348. The highest BCUT2D eigenvalue weighted by Gasteiger charge is 2.21. The van der Waals surface area contributed by atoms with Gasteiger partial charge in [-0.25, -0.2) is 0 Å². The summed E-state index contributed by atoms with van der Waals surface area (Å²) in [7, 11) is 0. The van der Waals surface area contributed by atoms with Gasteiger partial charge in [0.25, 0.3) is 0 Å². The molecule has 4 heteroatoms. The maximum absolute atomic E-state index is 11.8. The topological polar surface area (TPSA) is 44.8 Å². The van der Waals surface area contributed by atoms with E-state index in [1.807, 2.05) is 0 Å². The number of ether oxygens (including phenoxy) is 3. The van der Waals surface area contributed by atoms with Gasteiger partial charge in [0.05, 0.1) is 26.4 Å². The molecule has 1 saturated carbocycles. The van der Waals surface area contributed by atoms with Gasteiger partial charge in [-0.05, 0) is 25.7 Å². The van der Waals surface area contributed by atoms with Crippen LogP contribution in [0.4, 0.5) is 0 Å². The van der Waals surface area contributed by atoms with E-state index >= 15 is 0 Å². The van der Waals surface area contributed by atoms with E-state index < -0.39 is 0 Å². The Balaban J connectivity index is 1.75. The summed E-state index contributed by atoms with van der Waals surface area (Å²) in [6.45, 7) is 6.14. The maximum Gasteiger partial charge on any atom is 0.136 e. The third-order valence-electron chi connectivity index (χ3n) is 3.91. The van der Waals surface area contributed by atoms with E-state index in [4.69, 9.17) is 14.2 Å². The quantitative estimate of drug-likeness (QED) is 0.461. The number of carbonyl (C=O) groups excluding carboxylic acids is 1. The molecule has 0 heterocycles. The first-order valence-corrected chi connectivity index (χ1v) is 8.60. The van der Waals surface area contributed by atoms with Crippen LogP contribution in [0.3, 0.4) is 0 Å². The van der Waals surface area contributed by atoms with Crippen LogP contribution < -0.4 is 0 Å². The summed E-state index contributed by atoms with van der Waals surface area (Å²) in [5.74, 6) is 0.789. The van der Waals surface area contributed by atoms with Crippen LogP contribution in [0.15, 0.2) is 0 Å². The molecule has 4 nitrogen and oxygen atoms in total. The SMILES string of the molecule is CCCCOCCOCCOCCCC(=O)C1CCCC1. The highest BCUT2D eigenvalue weighted by Crippen LogP contribution is 2.26. The highest BCUT2D eigenvalue weighted by molar-refractivity contribution is 5.81. The number of carbonyl (C=O) groups is 1. The van der Waals surface area contributed by atoms with Gasteiger partial charge in [0.2, 0.25) is 0 Å². The van der Waals surface area contributed by atoms with Crippen molar-refractivity contribution in [2.24, 2.45) is 5.92 Å². The fourth-order valence-corrected chi connectivity index (χ4v) is 2.59. The molecule has 124 valence electrons. The van der Waals surface area contributed by atoms with Crippen LogP contribution in [0.5, 0.6) is 0 Å². The number of Topliss-reactive ketones (excluding diaryl/α,β-unsaturated/α-hetero) is 1. The van der Waals surface area contributed by atoms with E-state index in [1.165, 1.54) is 12.8 Å². The second kappa shape index (κ2) is 13.2. The minimum Gasteiger partial charge on any atom is -0.379 e. The zero-order valence-electron chi connectivity index (χ0n) is 13.6. The first-order valence-electron chi connectivity index (χ1n) is 8.60. The molecule has 0 aliphatic heterocycles. The monoisotopic (exact) mass is 300 g/mol. The second-order valence-electron chi connectivity index (χ2n) is 5.74. The van der Waals surface area contributed by atoms with E-state index in [-0.39, 0.29) is 0 Å². The van der Waals surface area contributed by atoms with Crippen LogP contribution in [0, 0.1) is 5.92 Å². The molecule has 0 atom stereocenters. The fourth-order valence-electron chi connectivity index (χ4n) is 2.59. The van der Waals surface area contributed by atoms with Crippen molar-refractivity contribution < 1.29 is 19.0 Å². The average molecular weight is 300 g/mol. The lowest BCUT2D eigenvalue weighted by atomic mass is 9.99. The van der Waals surface area contributed by atoms with Crippen molar-refractivity contribution in [3.63, 3.8) is 0 Å². The molecule has 0 spiro atoms. The van der Waals surface area contributed by atoms with E-state index in [9.17, 15) is 4.79 Å². The van der Waals surface area contributed by atoms with E-state index in [0.717, 1.165) is 38.7 Å². The van der Waals surface area contributed by atoms with Crippen molar-refractivity contribution in [3.8, 4) is 0 Å². The Bertz CT molecular complexity index is 249. The van der Waals surface area contributed by atoms with Gasteiger partial charge in [-0.15, -0.1) is 0 Å². The van der Waals surface area contributed by atoms with E-state index in [1.54, 1.807) is 0 Å². The van der Waals surface area contributed by atoms with Crippen molar-refractivity contribution in [1.29, 1.82) is 0 Å². The summed E-state index contributed by atoms with van der Waals surface area (Å²) in [5.41, 5.74) is 0. The lowest BCUT2D eigenvalue weighted by Gasteiger charge is -2.08. The van der Waals surface area contributed by atoms with Gasteiger partial charge in [0, 0.05) is 25.6 Å². The molecule has 21 heavy (non-hydrogen) atoms. The third kappa shape index (κ3) is 9.99. The number of ketones is 1. The van der Waals surface area contributed by atoms with Crippen LogP contribution in [-0.2, 0) is 19.0 Å². The van der Waals surface area contributed by atoms with Gasteiger partial charge in [-0.2, -0.15) is 0 Å². The Morgan fingerprint density at radius 3 is 1.95 bits per heavy atom. The van der Waals surface area contributed by atoms with E-state index in [0.29, 0.717) is 51.2 Å². The highest BCUT2D eigenvalue weighted by atomic mass is 16.5. The van der Waals surface area contributed by atoms with Crippen molar-refractivity contribution in [2.45, 2.75) is 58.3 Å². The zero-order chi connectivity index (χ0) is 15.2. The Morgan fingerprint density at radius 2 is 1.38 bits per heavy atom. The van der Waals surface area contributed by atoms with Crippen LogP contribution >= 0.6 is 0 Å². The third-order valence-corrected chi connectivity index (χ3v) is 3.91. The first-order chi connectivity index (χ1) is 10.3. The maximum atomic E-state index is 11.8. The molecule has 0 bridgehead atoms. The normalized spacial score (nSPS) is 15.7. The molecule has 0 aromatic rings. The molecule has 0 N–H and O–H groups in total. The smallest absolute Gasteiger partial charge is 0.136 e. The Morgan fingerprint density at radius 1 is 0.857 bits per heavy atom. The van der Waals surface area contributed by atoms with Gasteiger partial charge >= 0.3 is 0 Å². The zero-order valence-corrected chi connectivity index (χ0v) is 13.6. The average Bonchev–Trinajstić information content (AvgIpc) is 3.02. The molecule has 0 amide bonds. The fraction of sp³-hybridized carbons (Fsp3) is 0.941. The molecule has 0 aromatic carbocycles.